The molecule has 2 aliphatic rings. The van der Waals surface area contributed by atoms with Crippen LogP contribution < -0.4 is 24.7 Å². The SMILES string of the molecule is N[C@@H](c1ccc2c(c1)OCO2)[C@H](O)c1ccc2c(c1)OCO2. The summed E-state index contributed by atoms with van der Waals surface area (Å²) in [4.78, 5) is 0. The van der Waals surface area contributed by atoms with Gasteiger partial charge in [-0.05, 0) is 35.4 Å². The van der Waals surface area contributed by atoms with Gasteiger partial charge in [-0.3, -0.25) is 0 Å². The van der Waals surface area contributed by atoms with Crippen LogP contribution in [0.15, 0.2) is 36.4 Å². The van der Waals surface area contributed by atoms with Gasteiger partial charge in [0, 0.05) is 0 Å². The molecule has 2 aromatic rings. The molecule has 0 unspecified atom stereocenters. The highest BCUT2D eigenvalue weighted by molar-refractivity contribution is 5.47. The monoisotopic (exact) mass is 301 g/mol. The lowest BCUT2D eigenvalue weighted by Crippen LogP contribution is -2.19. The molecule has 22 heavy (non-hydrogen) atoms. The van der Waals surface area contributed by atoms with Gasteiger partial charge in [-0.25, -0.2) is 0 Å². The normalized spacial score (nSPS) is 17.4. The first-order valence-corrected chi connectivity index (χ1v) is 6.95. The van der Waals surface area contributed by atoms with Crippen molar-refractivity contribution in [1.82, 2.24) is 0 Å². The van der Waals surface area contributed by atoms with Crippen LogP contribution in [0.3, 0.4) is 0 Å². The maximum absolute atomic E-state index is 10.5. The Bertz CT molecular complexity index is 656. The maximum Gasteiger partial charge on any atom is 0.231 e. The van der Waals surface area contributed by atoms with Crippen LogP contribution in [0.5, 0.6) is 23.0 Å². The third-order valence-electron chi connectivity index (χ3n) is 3.86. The standard InChI is InChI=1S/C16H15NO5/c17-15(9-1-3-11-13(5-9)21-7-19-11)16(18)10-2-4-12-14(6-10)22-8-20-12/h1-6,15-16,18H,7-8,17H2/t15-,16+/m0/s1. The molecule has 0 aliphatic carbocycles. The predicted molar refractivity (Wildman–Crippen MR) is 77.0 cm³/mol. The molecule has 0 spiro atoms. The summed E-state index contributed by atoms with van der Waals surface area (Å²) in [5.74, 6) is 2.63. The number of aliphatic hydroxyl groups excluding tert-OH is 1. The maximum atomic E-state index is 10.5. The van der Waals surface area contributed by atoms with Crippen LogP contribution in [0.1, 0.15) is 23.3 Å². The highest BCUT2D eigenvalue weighted by Crippen LogP contribution is 2.39. The lowest BCUT2D eigenvalue weighted by atomic mass is 9.96. The number of aliphatic hydroxyl groups is 1. The molecule has 0 aromatic heterocycles. The number of nitrogens with two attached hydrogens (primary N) is 1. The number of rotatable bonds is 3. The molecule has 4 rings (SSSR count). The third-order valence-corrected chi connectivity index (χ3v) is 3.86. The second-order valence-electron chi connectivity index (χ2n) is 5.20. The molecule has 0 saturated carbocycles. The Balaban J connectivity index is 1.60. The van der Waals surface area contributed by atoms with Crippen molar-refractivity contribution in [2.24, 2.45) is 5.73 Å². The summed E-state index contributed by atoms with van der Waals surface area (Å²) in [6.07, 6.45) is -0.866. The Morgan fingerprint density at radius 3 is 1.91 bits per heavy atom. The van der Waals surface area contributed by atoms with Gasteiger partial charge in [0.15, 0.2) is 23.0 Å². The van der Waals surface area contributed by atoms with Crippen LogP contribution in [0.2, 0.25) is 0 Å². The largest absolute Gasteiger partial charge is 0.454 e. The van der Waals surface area contributed by atoms with Crippen molar-refractivity contribution in [2.75, 3.05) is 13.6 Å². The summed E-state index contributed by atoms with van der Waals surface area (Å²) in [5.41, 5.74) is 7.64. The molecule has 0 bridgehead atoms. The van der Waals surface area contributed by atoms with E-state index in [9.17, 15) is 5.11 Å². The van der Waals surface area contributed by atoms with E-state index in [1.807, 2.05) is 6.07 Å². The van der Waals surface area contributed by atoms with Gasteiger partial charge >= 0.3 is 0 Å². The lowest BCUT2D eigenvalue weighted by molar-refractivity contribution is 0.146. The zero-order chi connectivity index (χ0) is 15.1. The first-order chi connectivity index (χ1) is 10.7. The second-order valence-corrected chi connectivity index (χ2v) is 5.20. The van der Waals surface area contributed by atoms with E-state index in [1.165, 1.54) is 0 Å². The average molecular weight is 301 g/mol. The van der Waals surface area contributed by atoms with E-state index in [-0.39, 0.29) is 13.6 Å². The molecule has 0 fully saturated rings. The predicted octanol–water partition coefficient (Wildman–Crippen LogP) is 1.88. The Morgan fingerprint density at radius 1 is 0.773 bits per heavy atom. The molecule has 6 heteroatoms. The highest BCUT2D eigenvalue weighted by Gasteiger charge is 2.24. The van der Waals surface area contributed by atoms with E-state index in [4.69, 9.17) is 24.7 Å². The zero-order valence-corrected chi connectivity index (χ0v) is 11.7. The molecule has 2 atom stereocenters. The van der Waals surface area contributed by atoms with E-state index in [0.29, 0.717) is 28.6 Å². The Kier molecular flexibility index (Phi) is 3.06. The van der Waals surface area contributed by atoms with Gasteiger partial charge in [0.1, 0.15) is 0 Å². The highest BCUT2D eigenvalue weighted by atomic mass is 16.7. The van der Waals surface area contributed by atoms with Crippen molar-refractivity contribution in [2.45, 2.75) is 12.1 Å². The third kappa shape index (κ3) is 2.13. The number of fused-ring (bicyclic) bond motifs is 2. The fraction of sp³-hybridized carbons (Fsp3) is 0.250. The molecule has 3 N–H and O–H groups in total. The molecule has 0 saturated heterocycles. The zero-order valence-electron chi connectivity index (χ0n) is 11.7. The molecule has 2 heterocycles. The molecule has 2 aromatic carbocycles. The van der Waals surface area contributed by atoms with Crippen molar-refractivity contribution in [3.63, 3.8) is 0 Å². The van der Waals surface area contributed by atoms with E-state index >= 15 is 0 Å². The van der Waals surface area contributed by atoms with E-state index in [1.54, 1.807) is 30.3 Å². The van der Waals surface area contributed by atoms with E-state index in [0.717, 1.165) is 5.56 Å². The minimum absolute atomic E-state index is 0.198. The van der Waals surface area contributed by atoms with Gasteiger partial charge in [-0.2, -0.15) is 0 Å². The summed E-state index contributed by atoms with van der Waals surface area (Å²) in [5, 5.41) is 10.5. The topological polar surface area (TPSA) is 83.2 Å². The molecule has 2 aliphatic heterocycles. The summed E-state index contributed by atoms with van der Waals surface area (Å²) >= 11 is 0. The molecular weight excluding hydrogens is 286 g/mol. The molecule has 0 amide bonds. The Morgan fingerprint density at radius 2 is 1.27 bits per heavy atom. The first-order valence-electron chi connectivity index (χ1n) is 6.95. The summed E-state index contributed by atoms with van der Waals surface area (Å²) < 4.78 is 21.2. The summed E-state index contributed by atoms with van der Waals surface area (Å²) in [7, 11) is 0. The van der Waals surface area contributed by atoms with Gasteiger partial charge in [0.2, 0.25) is 13.6 Å². The van der Waals surface area contributed by atoms with Gasteiger partial charge < -0.3 is 29.8 Å². The minimum Gasteiger partial charge on any atom is -0.454 e. The van der Waals surface area contributed by atoms with Gasteiger partial charge in [-0.1, -0.05) is 12.1 Å². The van der Waals surface area contributed by atoms with Crippen molar-refractivity contribution in [3.05, 3.63) is 47.5 Å². The van der Waals surface area contributed by atoms with Crippen LogP contribution in [-0.4, -0.2) is 18.7 Å². The van der Waals surface area contributed by atoms with Crippen molar-refractivity contribution >= 4 is 0 Å². The molecule has 0 radical (unpaired) electrons. The summed E-state index contributed by atoms with van der Waals surface area (Å²) in [6.45, 7) is 0.405. The Hall–Kier alpha value is -2.44. The first kappa shape index (κ1) is 13.2. The molecule has 6 nitrogen and oxygen atoms in total. The fourth-order valence-electron chi connectivity index (χ4n) is 2.61. The lowest BCUT2D eigenvalue weighted by Gasteiger charge is -2.20. The molecule has 114 valence electrons. The van der Waals surface area contributed by atoms with Crippen molar-refractivity contribution < 1.29 is 24.1 Å². The number of hydrogen-bond donors (Lipinski definition) is 2. The summed E-state index contributed by atoms with van der Waals surface area (Å²) in [6, 6.07) is 10.1. The van der Waals surface area contributed by atoms with Crippen LogP contribution >= 0.6 is 0 Å². The van der Waals surface area contributed by atoms with Gasteiger partial charge in [-0.15, -0.1) is 0 Å². The van der Waals surface area contributed by atoms with E-state index < -0.39 is 12.1 Å². The van der Waals surface area contributed by atoms with Crippen LogP contribution in [-0.2, 0) is 0 Å². The number of benzene rings is 2. The van der Waals surface area contributed by atoms with E-state index in [2.05, 4.69) is 0 Å². The Labute approximate surface area is 127 Å². The van der Waals surface area contributed by atoms with Crippen LogP contribution in [0, 0.1) is 0 Å². The van der Waals surface area contributed by atoms with Crippen LogP contribution in [0.4, 0.5) is 0 Å². The van der Waals surface area contributed by atoms with Gasteiger partial charge in [0.25, 0.3) is 0 Å². The van der Waals surface area contributed by atoms with Gasteiger partial charge in [0.05, 0.1) is 12.1 Å². The minimum atomic E-state index is -0.866. The second kappa shape index (κ2) is 5.08. The quantitative estimate of drug-likeness (QED) is 0.900. The van der Waals surface area contributed by atoms with Crippen LogP contribution in [0.25, 0.3) is 0 Å². The smallest absolute Gasteiger partial charge is 0.231 e. The molecular formula is C16H15NO5. The van der Waals surface area contributed by atoms with Crippen molar-refractivity contribution in [1.29, 1.82) is 0 Å². The average Bonchev–Trinajstić information content (AvgIpc) is 3.20. The fourth-order valence-corrected chi connectivity index (χ4v) is 2.61. The number of ether oxygens (including phenoxy) is 4. The number of hydrogen-bond acceptors (Lipinski definition) is 6. The van der Waals surface area contributed by atoms with Crippen molar-refractivity contribution in [3.8, 4) is 23.0 Å².